The maximum Gasteiger partial charge on any atom is 0.248 e. The first-order valence-corrected chi connectivity index (χ1v) is 4.85. The van der Waals surface area contributed by atoms with Crippen molar-refractivity contribution in [3.8, 4) is 0 Å². The maximum atomic E-state index is 10.8. The van der Waals surface area contributed by atoms with Gasteiger partial charge in [-0.25, -0.2) is 0 Å². The van der Waals surface area contributed by atoms with E-state index in [2.05, 4.69) is 5.32 Å². The Hall–Kier alpha value is -1.39. The van der Waals surface area contributed by atoms with E-state index in [9.17, 15) is 4.79 Å². The molecular formula is C11H16N2O2. The van der Waals surface area contributed by atoms with Crippen molar-refractivity contribution in [2.45, 2.75) is 6.61 Å². The summed E-state index contributed by atoms with van der Waals surface area (Å²) in [6.07, 6.45) is 0. The van der Waals surface area contributed by atoms with Gasteiger partial charge in [0.15, 0.2) is 0 Å². The number of amides is 1. The van der Waals surface area contributed by atoms with Gasteiger partial charge in [0.1, 0.15) is 0 Å². The van der Waals surface area contributed by atoms with Crippen molar-refractivity contribution in [2.24, 2.45) is 5.73 Å². The molecule has 0 unspecified atom stereocenters. The van der Waals surface area contributed by atoms with Gasteiger partial charge in [0, 0.05) is 12.1 Å². The molecule has 0 aliphatic carbocycles. The van der Waals surface area contributed by atoms with Gasteiger partial charge >= 0.3 is 0 Å². The number of hydrogen-bond acceptors (Lipinski definition) is 3. The molecule has 0 atom stereocenters. The number of hydrogen-bond donors (Lipinski definition) is 2. The molecule has 0 bridgehead atoms. The van der Waals surface area contributed by atoms with Crippen LogP contribution in [0.4, 0.5) is 0 Å². The van der Waals surface area contributed by atoms with Crippen LogP contribution in [0.2, 0.25) is 0 Å². The van der Waals surface area contributed by atoms with Gasteiger partial charge in [0.05, 0.1) is 13.2 Å². The van der Waals surface area contributed by atoms with Crippen molar-refractivity contribution in [2.75, 3.05) is 20.2 Å². The molecule has 0 aliphatic heterocycles. The van der Waals surface area contributed by atoms with E-state index in [1.165, 1.54) is 0 Å². The predicted molar refractivity (Wildman–Crippen MR) is 58.5 cm³/mol. The Morgan fingerprint density at radius 2 is 2.07 bits per heavy atom. The highest BCUT2D eigenvalue weighted by Gasteiger charge is 1.99. The summed E-state index contributed by atoms with van der Waals surface area (Å²) in [5.74, 6) is -0.405. The van der Waals surface area contributed by atoms with Crippen molar-refractivity contribution < 1.29 is 9.53 Å². The molecule has 1 amide bonds. The molecule has 0 saturated heterocycles. The van der Waals surface area contributed by atoms with E-state index in [1.54, 1.807) is 12.1 Å². The summed E-state index contributed by atoms with van der Waals surface area (Å²) < 4.78 is 5.38. The van der Waals surface area contributed by atoms with Crippen LogP contribution < -0.4 is 11.1 Å². The SMILES string of the molecule is CNCCOCc1ccc(C(N)=O)cc1. The van der Waals surface area contributed by atoms with Gasteiger partial charge in [-0.05, 0) is 24.7 Å². The van der Waals surface area contributed by atoms with Crippen molar-refractivity contribution in [1.82, 2.24) is 5.32 Å². The van der Waals surface area contributed by atoms with Crippen LogP contribution in [-0.4, -0.2) is 26.1 Å². The molecule has 1 aromatic carbocycles. The summed E-state index contributed by atoms with van der Waals surface area (Å²) in [7, 11) is 1.88. The summed E-state index contributed by atoms with van der Waals surface area (Å²) in [5, 5.41) is 2.99. The van der Waals surface area contributed by atoms with Crippen LogP contribution >= 0.6 is 0 Å². The molecule has 15 heavy (non-hydrogen) atoms. The van der Waals surface area contributed by atoms with Crippen LogP contribution in [0, 0.1) is 0 Å². The van der Waals surface area contributed by atoms with E-state index in [-0.39, 0.29) is 0 Å². The lowest BCUT2D eigenvalue weighted by Gasteiger charge is -2.04. The number of carbonyl (C=O) groups is 1. The third kappa shape index (κ3) is 4.10. The van der Waals surface area contributed by atoms with Crippen LogP contribution in [0.3, 0.4) is 0 Å². The second-order valence-electron chi connectivity index (χ2n) is 3.22. The molecule has 0 heterocycles. The third-order valence-electron chi connectivity index (χ3n) is 2.00. The van der Waals surface area contributed by atoms with Gasteiger partial charge in [0.2, 0.25) is 5.91 Å². The normalized spacial score (nSPS) is 10.2. The molecular weight excluding hydrogens is 192 g/mol. The summed E-state index contributed by atoms with van der Waals surface area (Å²) in [5.41, 5.74) is 6.69. The predicted octanol–water partition coefficient (Wildman–Crippen LogP) is 0.521. The molecule has 0 aliphatic rings. The number of nitrogens with two attached hydrogens (primary N) is 1. The van der Waals surface area contributed by atoms with Gasteiger partial charge in [-0.2, -0.15) is 0 Å². The van der Waals surface area contributed by atoms with E-state index < -0.39 is 5.91 Å². The minimum absolute atomic E-state index is 0.405. The fourth-order valence-corrected chi connectivity index (χ4v) is 1.13. The molecule has 0 aromatic heterocycles. The quantitative estimate of drug-likeness (QED) is 0.670. The van der Waals surface area contributed by atoms with E-state index in [1.807, 2.05) is 19.2 Å². The molecule has 0 spiro atoms. The molecule has 3 N–H and O–H groups in total. The molecule has 1 aromatic rings. The van der Waals surface area contributed by atoms with Gasteiger partial charge < -0.3 is 15.8 Å². The van der Waals surface area contributed by atoms with Crippen molar-refractivity contribution in [3.05, 3.63) is 35.4 Å². The zero-order valence-electron chi connectivity index (χ0n) is 8.82. The molecule has 0 saturated carbocycles. The first-order valence-electron chi connectivity index (χ1n) is 4.85. The maximum absolute atomic E-state index is 10.8. The van der Waals surface area contributed by atoms with Gasteiger partial charge in [-0.3, -0.25) is 4.79 Å². The minimum Gasteiger partial charge on any atom is -0.375 e. The van der Waals surface area contributed by atoms with Crippen LogP contribution in [-0.2, 0) is 11.3 Å². The number of ether oxygens (including phenoxy) is 1. The summed E-state index contributed by atoms with van der Waals surface area (Å²) >= 11 is 0. The van der Waals surface area contributed by atoms with Crippen LogP contribution in [0.15, 0.2) is 24.3 Å². The van der Waals surface area contributed by atoms with E-state index in [0.717, 1.165) is 12.1 Å². The Labute approximate surface area is 89.4 Å². The van der Waals surface area contributed by atoms with Gasteiger partial charge in [-0.1, -0.05) is 12.1 Å². The minimum atomic E-state index is -0.405. The van der Waals surface area contributed by atoms with E-state index >= 15 is 0 Å². The number of likely N-dealkylation sites (N-methyl/N-ethyl adjacent to an activating group) is 1. The summed E-state index contributed by atoms with van der Waals surface area (Å²) in [6, 6.07) is 7.11. The zero-order valence-corrected chi connectivity index (χ0v) is 8.82. The Balaban J connectivity index is 2.39. The standard InChI is InChI=1S/C11H16N2O2/c1-13-6-7-15-8-9-2-4-10(5-3-9)11(12)14/h2-5,13H,6-8H2,1H3,(H2,12,14). The van der Waals surface area contributed by atoms with Gasteiger partial charge in [0.25, 0.3) is 0 Å². The number of primary amides is 1. The molecule has 4 nitrogen and oxygen atoms in total. The smallest absolute Gasteiger partial charge is 0.248 e. The Bertz CT molecular complexity index is 309. The molecule has 0 fully saturated rings. The lowest BCUT2D eigenvalue weighted by molar-refractivity contribution is 0.1000. The fourth-order valence-electron chi connectivity index (χ4n) is 1.13. The average Bonchev–Trinajstić information content (AvgIpc) is 2.25. The number of nitrogens with one attached hydrogen (secondary N) is 1. The topological polar surface area (TPSA) is 64.3 Å². The number of carbonyl (C=O) groups excluding carboxylic acids is 1. The van der Waals surface area contributed by atoms with E-state index in [0.29, 0.717) is 18.8 Å². The lowest BCUT2D eigenvalue weighted by Crippen LogP contribution is -2.14. The molecule has 4 heteroatoms. The third-order valence-corrected chi connectivity index (χ3v) is 2.00. The largest absolute Gasteiger partial charge is 0.375 e. The number of benzene rings is 1. The fraction of sp³-hybridized carbons (Fsp3) is 0.364. The van der Waals surface area contributed by atoms with Crippen molar-refractivity contribution in [3.63, 3.8) is 0 Å². The lowest BCUT2D eigenvalue weighted by atomic mass is 10.1. The van der Waals surface area contributed by atoms with E-state index in [4.69, 9.17) is 10.5 Å². The Kier molecular flexibility index (Phi) is 4.80. The monoisotopic (exact) mass is 208 g/mol. The second kappa shape index (κ2) is 6.16. The Morgan fingerprint density at radius 1 is 1.40 bits per heavy atom. The highest BCUT2D eigenvalue weighted by molar-refractivity contribution is 5.92. The van der Waals surface area contributed by atoms with Crippen LogP contribution in [0.1, 0.15) is 15.9 Å². The second-order valence-corrected chi connectivity index (χ2v) is 3.22. The molecule has 82 valence electrons. The summed E-state index contributed by atoms with van der Waals surface area (Å²) in [4.78, 5) is 10.8. The van der Waals surface area contributed by atoms with Crippen molar-refractivity contribution in [1.29, 1.82) is 0 Å². The number of rotatable bonds is 6. The highest BCUT2D eigenvalue weighted by Crippen LogP contribution is 2.04. The highest BCUT2D eigenvalue weighted by atomic mass is 16.5. The molecule has 0 radical (unpaired) electrons. The van der Waals surface area contributed by atoms with Crippen molar-refractivity contribution >= 4 is 5.91 Å². The van der Waals surface area contributed by atoms with Gasteiger partial charge in [-0.15, -0.1) is 0 Å². The first kappa shape index (κ1) is 11.7. The zero-order chi connectivity index (χ0) is 11.1. The van der Waals surface area contributed by atoms with Crippen LogP contribution in [0.25, 0.3) is 0 Å². The Morgan fingerprint density at radius 3 is 2.60 bits per heavy atom. The first-order chi connectivity index (χ1) is 7.24. The average molecular weight is 208 g/mol. The van der Waals surface area contributed by atoms with Crippen LogP contribution in [0.5, 0.6) is 0 Å². The summed E-state index contributed by atoms with van der Waals surface area (Å²) in [6.45, 7) is 2.06. The molecule has 1 rings (SSSR count).